The van der Waals surface area contributed by atoms with Gasteiger partial charge in [-0.05, 0) is 32.9 Å². The van der Waals surface area contributed by atoms with Crippen LogP contribution in [0.4, 0.5) is 0 Å². The minimum Gasteiger partial charge on any atom is -0.502 e. The Bertz CT molecular complexity index is 1240. The summed E-state index contributed by atoms with van der Waals surface area (Å²) in [6.45, 7) is 6.72. The molecule has 1 N–H and O–H groups in total. The average molecular weight is 420 g/mol. The maximum absolute atomic E-state index is 12.5. The van der Waals surface area contributed by atoms with Gasteiger partial charge in [-0.15, -0.1) is 0 Å². The molecule has 0 atom stereocenters. The Morgan fingerprint density at radius 1 is 0.871 bits per heavy atom. The van der Waals surface area contributed by atoms with E-state index in [0.717, 1.165) is 11.0 Å². The van der Waals surface area contributed by atoms with E-state index in [1.807, 2.05) is 49.6 Å². The molecule has 0 unspecified atom stereocenters. The fourth-order valence-electron chi connectivity index (χ4n) is 3.62. The van der Waals surface area contributed by atoms with E-state index in [0.29, 0.717) is 54.1 Å². The number of rotatable bonds is 7. The molecule has 0 fully saturated rings. The van der Waals surface area contributed by atoms with Gasteiger partial charge in [0, 0.05) is 24.3 Å². The first-order chi connectivity index (χ1) is 15.1. The lowest BCUT2D eigenvalue weighted by Crippen LogP contribution is -2.12. The van der Waals surface area contributed by atoms with E-state index in [-0.39, 0.29) is 11.2 Å². The van der Waals surface area contributed by atoms with Crippen molar-refractivity contribution in [2.45, 2.75) is 20.8 Å². The fourth-order valence-corrected chi connectivity index (χ4v) is 3.62. The Balaban J connectivity index is 2.11. The second-order valence-corrected chi connectivity index (χ2v) is 6.81. The third-order valence-corrected chi connectivity index (χ3v) is 4.81. The lowest BCUT2D eigenvalue weighted by Gasteiger charge is -2.22. The van der Waals surface area contributed by atoms with Crippen LogP contribution < -0.4 is 19.6 Å². The number of phenolic OH excluding ortho intramolecular Hbond substituents is 1. The summed E-state index contributed by atoms with van der Waals surface area (Å²) in [7, 11) is 0. The number of aromatic nitrogens is 2. The first kappa shape index (κ1) is 20.5. The quantitative estimate of drug-likeness (QED) is 0.447. The summed E-state index contributed by atoms with van der Waals surface area (Å²) in [5.41, 5.74) is 3.17. The molecule has 0 bridgehead atoms. The molecule has 160 valence electrons. The van der Waals surface area contributed by atoms with E-state index in [2.05, 4.69) is 0 Å². The second-order valence-electron chi connectivity index (χ2n) is 6.81. The Morgan fingerprint density at radius 3 is 2.13 bits per heavy atom. The van der Waals surface area contributed by atoms with E-state index in [4.69, 9.17) is 19.2 Å². The highest BCUT2D eigenvalue weighted by Gasteiger charge is 2.22. The Hall–Kier alpha value is -3.74. The Labute approximate surface area is 179 Å². The predicted octanol–water partition coefficient (Wildman–Crippen LogP) is 4.39. The van der Waals surface area contributed by atoms with Crippen molar-refractivity contribution in [3.8, 4) is 40.1 Å². The van der Waals surface area contributed by atoms with Crippen LogP contribution in [0, 0.1) is 0 Å². The van der Waals surface area contributed by atoms with Gasteiger partial charge in [0.2, 0.25) is 5.75 Å². The van der Waals surface area contributed by atoms with Gasteiger partial charge in [0.1, 0.15) is 5.69 Å². The summed E-state index contributed by atoms with van der Waals surface area (Å²) in [6.07, 6.45) is 0. The molecule has 31 heavy (non-hydrogen) atoms. The standard InChI is InChI=1S/C24H24N2O5/c1-4-29-20-14-16(27)13-19-23(20)25-17-9-7-8-10-18(17)26(19)15-11-21(30-5-2)24(28)22(12-15)31-6-3/h7-14,28H,4-6H2,1-3H3. The van der Waals surface area contributed by atoms with Gasteiger partial charge in [-0.1, -0.05) is 12.1 Å². The third-order valence-electron chi connectivity index (χ3n) is 4.81. The van der Waals surface area contributed by atoms with Crippen LogP contribution in [0.15, 0.2) is 53.3 Å². The van der Waals surface area contributed by atoms with Crippen molar-refractivity contribution in [1.82, 2.24) is 9.55 Å². The van der Waals surface area contributed by atoms with E-state index in [1.165, 1.54) is 12.1 Å². The zero-order chi connectivity index (χ0) is 22.0. The minimum atomic E-state index is -0.185. The third kappa shape index (κ3) is 3.74. The smallest absolute Gasteiger partial charge is 0.200 e. The molecule has 0 aromatic heterocycles. The Kier molecular flexibility index (Phi) is 5.66. The maximum Gasteiger partial charge on any atom is 0.200 e. The molecular formula is C24H24N2O5. The maximum atomic E-state index is 12.5. The van der Waals surface area contributed by atoms with Crippen LogP contribution in [-0.4, -0.2) is 34.5 Å². The first-order valence-electron chi connectivity index (χ1n) is 10.3. The molecule has 1 aliphatic carbocycles. The van der Waals surface area contributed by atoms with Crippen LogP contribution in [0.3, 0.4) is 0 Å². The van der Waals surface area contributed by atoms with Crippen molar-refractivity contribution < 1.29 is 19.3 Å². The van der Waals surface area contributed by atoms with Crippen LogP contribution in [0.25, 0.3) is 28.1 Å². The van der Waals surface area contributed by atoms with Crippen LogP contribution in [-0.2, 0) is 0 Å². The summed E-state index contributed by atoms with van der Waals surface area (Å²) in [5.74, 6) is 0.968. The molecule has 0 radical (unpaired) electrons. The van der Waals surface area contributed by atoms with Crippen molar-refractivity contribution in [2.75, 3.05) is 19.8 Å². The molecule has 0 spiro atoms. The highest BCUT2D eigenvalue weighted by Crippen LogP contribution is 2.41. The number of nitrogens with zero attached hydrogens (tertiary/aromatic N) is 2. The number of phenols is 1. The van der Waals surface area contributed by atoms with E-state index >= 15 is 0 Å². The predicted molar refractivity (Wildman–Crippen MR) is 119 cm³/mol. The van der Waals surface area contributed by atoms with Crippen molar-refractivity contribution in [2.24, 2.45) is 0 Å². The molecule has 0 saturated heterocycles. The minimum absolute atomic E-state index is 0.0600. The Morgan fingerprint density at radius 2 is 1.48 bits per heavy atom. The summed E-state index contributed by atoms with van der Waals surface area (Å²) >= 11 is 0. The summed E-state index contributed by atoms with van der Waals surface area (Å²) in [4.78, 5) is 17.2. The molecule has 4 rings (SSSR count). The molecule has 7 heteroatoms. The van der Waals surface area contributed by atoms with Crippen molar-refractivity contribution in [3.05, 3.63) is 58.8 Å². The van der Waals surface area contributed by atoms with Crippen molar-refractivity contribution >= 4 is 11.0 Å². The number of hydrogen-bond acceptors (Lipinski definition) is 6. The molecule has 2 aromatic carbocycles. The number of para-hydroxylation sites is 2. The average Bonchev–Trinajstić information content (AvgIpc) is 2.75. The van der Waals surface area contributed by atoms with Crippen LogP contribution in [0.5, 0.6) is 23.0 Å². The SMILES string of the molecule is CCOc1cc(=O)cc2n(-c3cc(OCC)c(O)c(OCC)c3)c3ccccc3nc1-2. The van der Waals surface area contributed by atoms with Crippen LogP contribution in [0.2, 0.25) is 0 Å². The molecule has 7 nitrogen and oxygen atoms in total. The van der Waals surface area contributed by atoms with Crippen molar-refractivity contribution in [3.63, 3.8) is 0 Å². The summed E-state index contributed by atoms with van der Waals surface area (Å²) in [5, 5.41) is 10.6. The lowest BCUT2D eigenvalue weighted by atomic mass is 10.1. The van der Waals surface area contributed by atoms with Gasteiger partial charge in [0.25, 0.3) is 0 Å². The molecular weight excluding hydrogens is 396 g/mol. The second kappa shape index (κ2) is 8.55. The first-order valence-corrected chi connectivity index (χ1v) is 10.3. The number of hydrogen-bond donors (Lipinski definition) is 1. The molecule has 0 saturated carbocycles. The monoisotopic (exact) mass is 420 g/mol. The molecule has 1 aliphatic heterocycles. The van der Waals surface area contributed by atoms with Gasteiger partial charge in [0.05, 0.1) is 42.2 Å². The van der Waals surface area contributed by atoms with Crippen LogP contribution >= 0.6 is 0 Å². The summed E-state index contributed by atoms with van der Waals surface area (Å²) < 4.78 is 18.9. The number of ether oxygens (including phenoxy) is 3. The van der Waals surface area contributed by atoms with Gasteiger partial charge in [-0.2, -0.15) is 0 Å². The normalized spacial score (nSPS) is 11.1. The molecule has 0 amide bonds. The van der Waals surface area contributed by atoms with E-state index < -0.39 is 0 Å². The fraction of sp³-hybridized carbons (Fsp3) is 0.250. The lowest BCUT2D eigenvalue weighted by molar-refractivity contribution is 0.289. The van der Waals surface area contributed by atoms with Gasteiger partial charge in [-0.25, -0.2) is 4.98 Å². The topological polar surface area (TPSA) is 82.8 Å². The van der Waals surface area contributed by atoms with Gasteiger partial charge in [-0.3, -0.25) is 4.79 Å². The highest BCUT2D eigenvalue weighted by molar-refractivity contribution is 5.85. The van der Waals surface area contributed by atoms with E-state index in [9.17, 15) is 9.90 Å². The highest BCUT2D eigenvalue weighted by atomic mass is 16.5. The van der Waals surface area contributed by atoms with Crippen molar-refractivity contribution in [1.29, 1.82) is 0 Å². The zero-order valence-electron chi connectivity index (χ0n) is 17.7. The van der Waals surface area contributed by atoms with Crippen LogP contribution in [0.1, 0.15) is 20.8 Å². The largest absolute Gasteiger partial charge is 0.502 e. The van der Waals surface area contributed by atoms with Gasteiger partial charge in [0.15, 0.2) is 22.7 Å². The number of benzene rings is 3. The number of aromatic hydroxyl groups is 1. The van der Waals surface area contributed by atoms with Gasteiger partial charge >= 0.3 is 0 Å². The summed E-state index contributed by atoms with van der Waals surface area (Å²) in [6, 6.07) is 14.1. The van der Waals surface area contributed by atoms with E-state index in [1.54, 1.807) is 12.1 Å². The molecule has 2 aromatic rings. The molecule has 1 heterocycles. The van der Waals surface area contributed by atoms with Gasteiger partial charge < -0.3 is 23.9 Å². The zero-order valence-corrected chi connectivity index (χ0v) is 17.7. The number of fused-ring (bicyclic) bond motifs is 2. The molecule has 2 aliphatic rings.